The molecule has 1 fully saturated rings. The molecule has 0 bridgehead atoms. The van der Waals surface area contributed by atoms with Gasteiger partial charge in [-0.3, -0.25) is 0 Å². The number of hydrogen-bond acceptors (Lipinski definition) is 3. The summed E-state index contributed by atoms with van der Waals surface area (Å²) in [6, 6.07) is 8.15. The first kappa shape index (κ1) is 17.7. The Kier molecular flexibility index (Phi) is 7.16. The summed E-state index contributed by atoms with van der Waals surface area (Å²) in [4.78, 5) is 0. The summed E-state index contributed by atoms with van der Waals surface area (Å²) in [6.45, 7) is 5.98. The molecule has 3 nitrogen and oxygen atoms in total. The van der Waals surface area contributed by atoms with Crippen molar-refractivity contribution >= 4 is 11.6 Å². The molecule has 0 radical (unpaired) electrons. The third-order valence-corrected chi connectivity index (χ3v) is 5.22. The van der Waals surface area contributed by atoms with Crippen LogP contribution in [-0.2, 0) is 11.3 Å². The van der Waals surface area contributed by atoms with Crippen LogP contribution in [-0.4, -0.2) is 30.4 Å². The molecule has 124 valence electrons. The Hall–Kier alpha value is -0.610. The lowest BCUT2D eigenvalue weighted by Gasteiger charge is -2.35. The summed E-state index contributed by atoms with van der Waals surface area (Å²) in [5, 5.41) is 14.3. The number of nitrogens with one attached hydrogen (secondary N) is 1. The van der Waals surface area contributed by atoms with E-state index in [0.717, 1.165) is 11.5 Å². The Morgan fingerprint density at radius 1 is 1.32 bits per heavy atom. The number of ether oxygens (including phenoxy) is 1. The van der Waals surface area contributed by atoms with Gasteiger partial charge in [0.2, 0.25) is 0 Å². The largest absolute Gasteiger partial charge is 0.389 e. The Bertz CT molecular complexity index is 454. The monoisotopic (exact) mass is 325 g/mol. The molecule has 1 aliphatic carbocycles. The average Bonchev–Trinajstić information content (AvgIpc) is 2.51. The molecule has 2 rings (SSSR count). The first-order chi connectivity index (χ1) is 10.6. The van der Waals surface area contributed by atoms with Gasteiger partial charge in [-0.15, -0.1) is 0 Å². The van der Waals surface area contributed by atoms with Crippen molar-refractivity contribution in [2.45, 2.75) is 51.9 Å². The van der Waals surface area contributed by atoms with Crippen LogP contribution < -0.4 is 5.32 Å². The minimum Gasteiger partial charge on any atom is -0.389 e. The standard InChI is InChI=1S/C18H28ClNO2/c1-13-6-5-9-18(14(13)2)20-10-16(21)12-22-11-15-7-3-4-8-17(15)19/h3-4,7-8,13-14,16,18,20-21H,5-6,9-12H2,1-2H3/t13-,14+,16-,18-/m0/s1. The van der Waals surface area contributed by atoms with Crippen molar-refractivity contribution in [1.82, 2.24) is 5.32 Å². The highest BCUT2D eigenvalue weighted by Crippen LogP contribution is 2.29. The lowest BCUT2D eigenvalue weighted by molar-refractivity contribution is 0.0251. The fourth-order valence-corrected chi connectivity index (χ4v) is 3.33. The molecular weight excluding hydrogens is 298 g/mol. The Labute approximate surface area is 139 Å². The summed E-state index contributed by atoms with van der Waals surface area (Å²) in [7, 11) is 0. The van der Waals surface area contributed by atoms with Crippen molar-refractivity contribution in [2.24, 2.45) is 11.8 Å². The molecule has 22 heavy (non-hydrogen) atoms. The van der Waals surface area contributed by atoms with Crippen LogP contribution in [0.1, 0.15) is 38.7 Å². The minimum absolute atomic E-state index is 0.328. The van der Waals surface area contributed by atoms with Gasteiger partial charge in [-0.2, -0.15) is 0 Å². The highest BCUT2D eigenvalue weighted by atomic mass is 35.5. The molecular formula is C18H28ClNO2. The predicted molar refractivity (Wildman–Crippen MR) is 91.1 cm³/mol. The lowest BCUT2D eigenvalue weighted by Crippen LogP contribution is -2.44. The third kappa shape index (κ3) is 5.24. The van der Waals surface area contributed by atoms with Gasteiger partial charge in [-0.25, -0.2) is 0 Å². The molecule has 0 saturated heterocycles. The third-order valence-electron chi connectivity index (χ3n) is 4.85. The van der Waals surface area contributed by atoms with Gasteiger partial charge in [-0.1, -0.05) is 56.5 Å². The quantitative estimate of drug-likeness (QED) is 0.804. The van der Waals surface area contributed by atoms with Crippen molar-refractivity contribution in [3.8, 4) is 0 Å². The molecule has 1 aromatic rings. The molecule has 0 amide bonds. The zero-order chi connectivity index (χ0) is 15.9. The van der Waals surface area contributed by atoms with Crippen molar-refractivity contribution in [2.75, 3.05) is 13.2 Å². The second-order valence-corrected chi connectivity index (χ2v) is 6.95. The Morgan fingerprint density at radius 3 is 2.86 bits per heavy atom. The van der Waals surface area contributed by atoms with Crippen LogP contribution >= 0.6 is 11.6 Å². The summed E-state index contributed by atoms with van der Waals surface area (Å²) in [6.07, 6.45) is 3.33. The van der Waals surface area contributed by atoms with Crippen molar-refractivity contribution < 1.29 is 9.84 Å². The molecule has 0 unspecified atom stereocenters. The number of benzene rings is 1. The van der Waals surface area contributed by atoms with Crippen molar-refractivity contribution in [3.05, 3.63) is 34.9 Å². The molecule has 4 heteroatoms. The molecule has 0 aromatic heterocycles. The van der Waals surface area contributed by atoms with Crippen LogP contribution in [0.3, 0.4) is 0 Å². The van der Waals surface area contributed by atoms with Crippen molar-refractivity contribution in [1.29, 1.82) is 0 Å². The second kappa shape index (κ2) is 8.88. The summed E-state index contributed by atoms with van der Waals surface area (Å²) < 4.78 is 5.58. The van der Waals surface area contributed by atoms with Gasteiger partial charge in [0.25, 0.3) is 0 Å². The van der Waals surface area contributed by atoms with E-state index in [1.807, 2.05) is 24.3 Å². The smallest absolute Gasteiger partial charge is 0.0897 e. The number of aliphatic hydroxyl groups excluding tert-OH is 1. The van der Waals surface area contributed by atoms with E-state index in [0.29, 0.717) is 36.7 Å². The maximum Gasteiger partial charge on any atom is 0.0897 e. The number of halogens is 1. The highest BCUT2D eigenvalue weighted by molar-refractivity contribution is 6.31. The fraction of sp³-hybridized carbons (Fsp3) is 0.667. The van der Waals surface area contributed by atoms with E-state index in [1.165, 1.54) is 19.3 Å². The Balaban J connectivity index is 1.66. The van der Waals surface area contributed by atoms with Crippen LogP contribution in [0.15, 0.2) is 24.3 Å². The van der Waals surface area contributed by atoms with Gasteiger partial charge in [0.05, 0.1) is 19.3 Å². The molecule has 2 N–H and O–H groups in total. The zero-order valence-electron chi connectivity index (χ0n) is 13.6. The van der Waals surface area contributed by atoms with Crippen LogP contribution in [0, 0.1) is 11.8 Å². The maximum absolute atomic E-state index is 10.1. The fourth-order valence-electron chi connectivity index (χ4n) is 3.14. The van der Waals surface area contributed by atoms with Crippen LogP contribution in [0.2, 0.25) is 5.02 Å². The molecule has 1 saturated carbocycles. The van der Waals surface area contributed by atoms with Gasteiger partial charge in [0, 0.05) is 17.6 Å². The van der Waals surface area contributed by atoms with Gasteiger partial charge >= 0.3 is 0 Å². The van der Waals surface area contributed by atoms with Crippen molar-refractivity contribution in [3.63, 3.8) is 0 Å². The molecule has 0 heterocycles. The van der Waals surface area contributed by atoms with Gasteiger partial charge < -0.3 is 15.2 Å². The van der Waals surface area contributed by atoms with Gasteiger partial charge in [0.1, 0.15) is 0 Å². The Morgan fingerprint density at radius 2 is 2.09 bits per heavy atom. The van der Waals surface area contributed by atoms with E-state index in [9.17, 15) is 5.11 Å². The van der Waals surface area contributed by atoms with E-state index in [4.69, 9.17) is 16.3 Å². The number of hydrogen-bond donors (Lipinski definition) is 2. The van der Waals surface area contributed by atoms with E-state index < -0.39 is 6.10 Å². The van der Waals surface area contributed by atoms with Crippen LogP contribution in [0.5, 0.6) is 0 Å². The molecule has 1 aliphatic rings. The average molecular weight is 326 g/mol. The minimum atomic E-state index is -0.480. The summed E-state index contributed by atoms with van der Waals surface area (Å²) in [5.41, 5.74) is 0.957. The van der Waals surface area contributed by atoms with E-state index >= 15 is 0 Å². The molecule has 1 aromatic carbocycles. The summed E-state index contributed by atoms with van der Waals surface area (Å²) in [5.74, 6) is 1.44. The van der Waals surface area contributed by atoms with Gasteiger partial charge in [-0.05, 0) is 29.9 Å². The number of rotatable bonds is 7. The van der Waals surface area contributed by atoms with Crippen LogP contribution in [0.25, 0.3) is 0 Å². The summed E-state index contributed by atoms with van der Waals surface area (Å²) >= 11 is 6.08. The SMILES string of the molecule is C[C@H]1[C@@H](NC[C@H](O)COCc2ccccc2Cl)CCC[C@@H]1C. The van der Waals surface area contributed by atoms with Crippen LogP contribution in [0.4, 0.5) is 0 Å². The first-order valence-corrected chi connectivity index (χ1v) is 8.68. The lowest BCUT2D eigenvalue weighted by atomic mass is 9.78. The normalized spacial score (nSPS) is 26.8. The molecule has 0 aliphatic heterocycles. The topological polar surface area (TPSA) is 41.5 Å². The molecule has 4 atom stereocenters. The molecule has 0 spiro atoms. The maximum atomic E-state index is 10.1. The predicted octanol–water partition coefficient (Wildman–Crippen LogP) is 3.63. The zero-order valence-corrected chi connectivity index (χ0v) is 14.4. The first-order valence-electron chi connectivity index (χ1n) is 8.30. The van der Waals surface area contributed by atoms with E-state index in [2.05, 4.69) is 19.2 Å². The number of aliphatic hydroxyl groups is 1. The van der Waals surface area contributed by atoms with E-state index in [-0.39, 0.29) is 0 Å². The van der Waals surface area contributed by atoms with Gasteiger partial charge in [0.15, 0.2) is 0 Å². The second-order valence-electron chi connectivity index (χ2n) is 6.54. The van der Waals surface area contributed by atoms with E-state index in [1.54, 1.807) is 0 Å². The highest BCUT2D eigenvalue weighted by Gasteiger charge is 2.26.